The van der Waals surface area contributed by atoms with Gasteiger partial charge in [0.15, 0.2) is 0 Å². The van der Waals surface area contributed by atoms with Gasteiger partial charge in [-0.3, -0.25) is 0 Å². The number of nitrogens with two attached hydrogens (primary N) is 1. The minimum absolute atomic E-state index is 0.310. The van der Waals surface area contributed by atoms with Crippen LogP contribution in [0.15, 0.2) is 64.8 Å². The molecule has 0 saturated carbocycles. The molecular formula is C16H17N3O2. The number of hydrogen-bond donors (Lipinski definition) is 1. The first kappa shape index (κ1) is 14.7. The third kappa shape index (κ3) is 4.72. The fourth-order valence-electron chi connectivity index (χ4n) is 1.94. The number of ether oxygens (including phenoxy) is 1. The van der Waals surface area contributed by atoms with Gasteiger partial charge in [-0.15, -0.1) is 0 Å². The van der Waals surface area contributed by atoms with Crippen molar-refractivity contribution < 1.29 is 9.53 Å². The maximum absolute atomic E-state index is 10.8. The number of carbonyl (C=O) groups is 1. The van der Waals surface area contributed by atoms with Crippen molar-refractivity contribution in [2.24, 2.45) is 16.0 Å². The first-order chi connectivity index (χ1) is 10.1. The summed E-state index contributed by atoms with van der Waals surface area (Å²) in [4.78, 5) is 10.8. The zero-order valence-electron chi connectivity index (χ0n) is 11.8. The summed E-state index contributed by atoms with van der Waals surface area (Å²) >= 11 is 0. The summed E-state index contributed by atoms with van der Waals surface area (Å²) in [6, 6.07) is 17.1. The van der Waals surface area contributed by atoms with E-state index in [0.717, 1.165) is 16.9 Å². The van der Waals surface area contributed by atoms with E-state index in [1.165, 1.54) is 0 Å². The van der Waals surface area contributed by atoms with Gasteiger partial charge in [0.25, 0.3) is 0 Å². The molecule has 0 radical (unpaired) electrons. The molecule has 0 heterocycles. The second-order valence-corrected chi connectivity index (χ2v) is 4.62. The third-order valence-corrected chi connectivity index (χ3v) is 2.85. The van der Waals surface area contributed by atoms with Crippen molar-refractivity contribution in [1.29, 1.82) is 0 Å². The van der Waals surface area contributed by atoms with Gasteiger partial charge in [-0.2, -0.15) is 10.2 Å². The zero-order valence-corrected chi connectivity index (χ0v) is 11.8. The van der Waals surface area contributed by atoms with Crippen molar-refractivity contribution in [3.8, 4) is 0 Å². The highest BCUT2D eigenvalue weighted by Crippen LogP contribution is 2.23. The standard InChI is InChI=1S/C16H17N3O2/c1-12(21-16(17)20)11-13-7-5-6-10-15(13)19-18-14-8-3-2-4-9-14/h2-10,12H,11H2,1H3,(H2,17,20). The van der Waals surface area contributed by atoms with Crippen molar-refractivity contribution in [2.45, 2.75) is 19.4 Å². The smallest absolute Gasteiger partial charge is 0.404 e. The van der Waals surface area contributed by atoms with Crippen LogP contribution >= 0.6 is 0 Å². The van der Waals surface area contributed by atoms with Crippen LogP contribution in [-0.2, 0) is 11.2 Å². The lowest BCUT2D eigenvalue weighted by Gasteiger charge is -2.12. The van der Waals surface area contributed by atoms with Gasteiger partial charge in [-0.1, -0.05) is 36.4 Å². The Morgan fingerprint density at radius 1 is 1.10 bits per heavy atom. The van der Waals surface area contributed by atoms with Crippen molar-refractivity contribution in [3.63, 3.8) is 0 Å². The maximum Gasteiger partial charge on any atom is 0.404 e. The molecule has 1 amide bonds. The fraction of sp³-hybridized carbons (Fsp3) is 0.188. The highest BCUT2D eigenvalue weighted by molar-refractivity contribution is 5.64. The third-order valence-electron chi connectivity index (χ3n) is 2.85. The van der Waals surface area contributed by atoms with E-state index in [0.29, 0.717) is 6.42 Å². The number of primary amides is 1. The molecule has 0 aliphatic heterocycles. The van der Waals surface area contributed by atoms with E-state index < -0.39 is 6.09 Å². The molecular weight excluding hydrogens is 266 g/mol. The van der Waals surface area contributed by atoms with Crippen LogP contribution in [0.25, 0.3) is 0 Å². The number of hydrogen-bond acceptors (Lipinski definition) is 4. The topological polar surface area (TPSA) is 77.0 Å². The first-order valence-electron chi connectivity index (χ1n) is 6.66. The average Bonchev–Trinajstić information content (AvgIpc) is 2.46. The van der Waals surface area contributed by atoms with Gasteiger partial charge in [0.05, 0.1) is 11.4 Å². The van der Waals surface area contributed by atoms with Crippen LogP contribution in [0.4, 0.5) is 16.2 Å². The molecule has 1 unspecified atom stereocenters. The van der Waals surface area contributed by atoms with Crippen molar-refractivity contribution in [2.75, 3.05) is 0 Å². The van der Waals surface area contributed by atoms with Crippen LogP contribution in [0, 0.1) is 0 Å². The summed E-state index contributed by atoms with van der Waals surface area (Å²) in [5.74, 6) is 0. The minimum Gasteiger partial charge on any atom is -0.446 e. The van der Waals surface area contributed by atoms with Gasteiger partial charge in [0, 0.05) is 6.42 Å². The molecule has 0 fully saturated rings. The number of carbonyl (C=O) groups excluding carboxylic acids is 1. The fourth-order valence-corrected chi connectivity index (χ4v) is 1.94. The molecule has 2 aromatic carbocycles. The van der Waals surface area contributed by atoms with Crippen LogP contribution in [0.2, 0.25) is 0 Å². The summed E-state index contributed by atoms with van der Waals surface area (Å²) in [6.07, 6.45) is -0.547. The van der Waals surface area contributed by atoms with Crippen molar-refractivity contribution in [1.82, 2.24) is 0 Å². The Hall–Kier alpha value is -2.69. The van der Waals surface area contributed by atoms with E-state index in [4.69, 9.17) is 10.5 Å². The Labute approximate surface area is 123 Å². The number of benzene rings is 2. The van der Waals surface area contributed by atoms with Gasteiger partial charge >= 0.3 is 6.09 Å². The predicted octanol–water partition coefficient (Wildman–Crippen LogP) is 4.13. The molecule has 2 N–H and O–H groups in total. The molecule has 0 spiro atoms. The van der Waals surface area contributed by atoms with Crippen LogP contribution in [0.5, 0.6) is 0 Å². The Bertz CT molecular complexity index is 626. The predicted molar refractivity (Wildman–Crippen MR) is 80.9 cm³/mol. The summed E-state index contributed by atoms with van der Waals surface area (Å²) in [5.41, 5.74) is 7.50. The lowest BCUT2D eigenvalue weighted by molar-refractivity contribution is 0.116. The van der Waals surface area contributed by atoms with Crippen molar-refractivity contribution in [3.05, 3.63) is 60.2 Å². The zero-order chi connectivity index (χ0) is 15.1. The molecule has 108 valence electrons. The van der Waals surface area contributed by atoms with Gasteiger partial charge in [0.2, 0.25) is 0 Å². The van der Waals surface area contributed by atoms with E-state index in [1.807, 2.05) is 54.6 Å². The molecule has 0 aromatic heterocycles. The average molecular weight is 283 g/mol. The maximum atomic E-state index is 10.8. The van der Waals surface area contributed by atoms with E-state index in [-0.39, 0.29) is 6.10 Å². The van der Waals surface area contributed by atoms with Gasteiger partial charge in [0.1, 0.15) is 6.10 Å². The number of rotatable bonds is 5. The normalized spacial score (nSPS) is 12.2. The van der Waals surface area contributed by atoms with Gasteiger partial charge in [-0.05, 0) is 30.7 Å². The second kappa shape index (κ2) is 7.19. The summed E-state index contributed by atoms with van der Waals surface area (Å²) in [6.45, 7) is 1.79. The SMILES string of the molecule is CC(Cc1ccccc1N=Nc1ccccc1)OC(N)=O. The summed E-state index contributed by atoms with van der Waals surface area (Å²) in [5, 5.41) is 8.46. The molecule has 0 saturated heterocycles. The molecule has 0 bridgehead atoms. The second-order valence-electron chi connectivity index (χ2n) is 4.62. The van der Waals surface area contributed by atoms with E-state index >= 15 is 0 Å². The Balaban J connectivity index is 2.13. The number of amides is 1. The molecule has 2 rings (SSSR count). The van der Waals surface area contributed by atoms with E-state index in [2.05, 4.69) is 10.2 Å². The van der Waals surface area contributed by atoms with E-state index in [9.17, 15) is 4.79 Å². The summed E-state index contributed by atoms with van der Waals surface area (Å²) in [7, 11) is 0. The first-order valence-corrected chi connectivity index (χ1v) is 6.66. The molecule has 5 nitrogen and oxygen atoms in total. The van der Waals surface area contributed by atoms with Crippen LogP contribution < -0.4 is 5.73 Å². The monoisotopic (exact) mass is 283 g/mol. The quantitative estimate of drug-likeness (QED) is 0.837. The van der Waals surface area contributed by atoms with E-state index in [1.54, 1.807) is 6.92 Å². The summed E-state index contributed by atoms with van der Waals surface area (Å²) < 4.78 is 4.94. The molecule has 5 heteroatoms. The molecule has 0 aliphatic carbocycles. The minimum atomic E-state index is -0.772. The Kier molecular flexibility index (Phi) is 5.04. The highest BCUT2D eigenvalue weighted by atomic mass is 16.6. The molecule has 1 atom stereocenters. The van der Waals surface area contributed by atoms with Crippen LogP contribution in [0.1, 0.15) is 12.5 Å². The largest absolute Gasteiger partial charge is 0.446 e. The van der Waals surface area contributed by atoms with Crippen molar-refractivity contribution >= 4 is 17.5 Å². The molecule has 21 heavy (non-hydrogen) atoms. The molecule has 2 aromatic rings. The van der Waals surface area contributed by atoms with Gasteiger partial charge < -0.3 is 10.5 Å². The van der Waals surface area contributed by atoms with Crippen LogP contribution in [0.3, 0.4) is 0 Å². The number of nitrogens with zero attached hydrogens (tertiary/aromatic N) is 2. The lowest BCUT2D eigenvalue weighted by Crippen LogP contribution is -2.21. The lowest BCUT2D eigenvalue weighted by atomic mass is 10.1. The van der Waals surface area contributed by atoms with Crippen LogP contribution in [-0.4, -0.2) is 12.2 Å². The van der Waals surface area contributed by atoms with Gasteiger partial charge in [-0.25, -0.2) is 4.79 Å². The Morgan fingerprint density at radius 2 is 1.76 bits per heavy atom. The number of azo groups is 1. The molecule has 0 aliphatic rings. The highest BCUT2D eigenvalue weighted by Gasteiger charge is 2.10. The Morgan fingerprint density at radius 3 is 2.48 bits per heavy atom.